The Morgan fingerprint density at radius 2 is 2.00 bits per heavy atom. The Kier molecular flexibility index (Phi) is 3.53. The monoisotopic (exact) mass is 338 g/mol. The number of hydrogen-bond donors (Lipinski definition) is 1. The SMILES string of the molecule is COc1cccc2cc(C(N)=O)c(=Nc3ccc4c(c3)OCO4)oc12. The second-order valence-electron chi connectivity index (χ2n) is 5.36. The molecule has 0 aliphatic carbocycles. The lowest BCUT2D eigenvalue weighted by Crippen LogP contribution is -2.21. The van der Waals surface area contributed by atoms with Gasteiger partial charge in [-0.05, 0) is 24.3 Å². The summed E-state index contributed by atoms with van der Waals surface area (Å²) in [6, 6.07) is 12.2. The summed E-state index contributed by atoms with van der Waals surface area (Å²) in [5.41, 5.74) is 6.79. The first-order valence-corrected chi connectivity index (χ1v) is 7.51. The quantitative estimate of drug-likeness (QED) is 0.791. The van der Waals surface area contributed by atoms with Gasteiger partial charge in [-0.1, -0.05) is 12.1 Å². The van der Waals surface area contributed by atoms with Crippen LogP contribution >= 0.6 is 0 Å². The van der Waals surface area contributed by atoms with Gasteiger partial charge in [-0.3, -0.25) is 4.79 Å². The highest BCUT2D eigenvalue weighted by Crippen LogP contribution is 2.35. The number of fused-ring (bicyclic) bond motifs is 2. The largest absolute Gasteiger partial charge is 0.493 e. The molecule has 0 saturated heterocycles. The smallest absolute Gasteiger partial charge is 0.254 e. The van der Waals surface area contributed by atoms with Gasteiger partial charge in [0, 0.05) is 11.5 Å². The number of para-hydroxylation sites is 1. The molecule has 1 aliphatic rings. The fourth-order valence-corrected chi connectivity index (χ4v) is 2.62. The highest BCUT2D eigenvalue weighted by molar-refractivity contribution is 5.96. The standard InChI is InChI=1S/C18H14N2O5/c1-22-14-4-2-3-10-7-12(17(19)21)18(25-16(10)14)20-11-5-6-13-15(8-11)24-9-23-13/h2-8H,9H2,1H3,(H2,19,21). The predicted octanol–water partition coefficient (Wildman–Crippen LogP) is 2.50. The van der Waals surface area contributed by atoms with Crippen LogP contribution in [0, 0.1) is 0 Å². The molecular weight excluding hydrogens is 324 g/mol. The molecule has 0 atom stereocenters. The predicted molar refractivity (Wildman–Crippen MR) is 89.1 cm³/mol. The summed E-state index contributed by atoms with van der Waals surface area (Å²) in [5, 5.41) is 0.692. The number of primary amides is 1. The zero-order valence-electron chi connectivity index (χ0n) is 13.3. The number of amides is 1. The van der Waals surface area contributed by atoms with Crippen LogP contribution < -0.4 is 25.5 Å². The van der Waals surface area contributed by atoms with Gasteiger partial charge >= 0.3 is 0 Å². The molecular formula is C18H14N2O5. The van der Waals surface area contributed by atoms with Gasteiger partial charge in [0.1, 0.15) is 5.56 Å². The zero-order valence-corrected chi connectivity index (χ0v) is 13.3. The maximum Gasteiger partial charge on any atom is 0.254 e. The van der Waals surface area contributed by atoms with Crippen LogP contribution in [0.15, 0.2) is 51.9 Å². The van der Waals surface area contributed by atoms with Crippen molar-refractivity contribution in [2.45, 2.75) is 0 Å². The second-order valence-corrected chi connectivity index (χ2v) is 5.36. The average molecular weight is 338 g/mol. The van der Waals surface area contributed by atoms with Crippen molar-refractivity contribution >= 4 is 22.6 Å². The highest BCUT2D eigenvalue weighted by Gasteiger charge is 2.15. The number of methoxy groups -OCH3 is 1. The molecule has 0 spiro atoms. The zero-order chi connectivity index (χ0) is 17.4. The molecule has 7 heteroatoms. The number of ether oxygens (including phenoxy) is 3. The highest BCUT2D eigenvalue weighted by atomic mass is 16.7. The van der Waals surface area contributed by atoms with Crippen LogP contribution in [0.1, 0.15) is 10.4 Å². The van der Waals surface area contributed by atoms with Gasteiger partial charge in [0.15, 0.2) is 22.8 Å². The molecule has 0 radical (unpaired) electrons. The molecule has 0 unspecified atom stereocenters. The van der Waals surface area contributed by atoms with Crippen LogP contribution in [0.3, 0.4) is 0 Å². The lowest BCUT2D eigenvalue weighted by Gasteiger charge is -2.06. The van der Waals surface area contributed by atoms with Gasteiger partial charge in [0.05, 0.1) is 12.8 Å². The van der Waals surface area contributed by atoms with E-state index >= 15 is 0 Å². The molecule has 1 amide bonds. The Balaban J connectivity index is 1.95. The van der Waals surface area contributed by atoms with Gasteiger partial charge in [-0.2, -0.15) is 0 Å². The molecule has 0 fully saturated rings. The van der Waals surface area contributed by atoms with E-state index in [1.165, 1.54) is 0 Å². The van der Waals surface area contributed by atoms with E-state index in [4.69, 9.17) is 24.4 Å². The summed E-state index contributed by atoms with van der Waals surface area (Å²) in [4.78, 5) is 16.2. The molecule has 0 bridgehead atoms. The van der Waals surface area contributed by atoms with Gasteiger partial charge in [0.25, 0.3) is 5.91 Å². The Hall–Kier alpha value is -3.48. The molecule has 2 N–H and O–H groups in total. The summed E-state index contributed by atoms with van der Waals surface area (Å²) in [5.74, 6) is 1.13. The first-order chi connectivity index (χ1) is 12.2. The van der Waals surface area contributed by atoms with Crippen molar-refractivity contribution < 1.29 is 23.4 Å². The molecule has 4 rings (SSSR count). The molecule has 2 heterocycles. The van der Waals surface area contributed by atoms with E-state index in [2.05, 4.69) is 4.99 Å². The first kappa shape index (κ1) is 15.1. The van der Waals surface area contributed by atoms with Crippen LogP contribution in [-0.2, 0) is 0 Å². The van der Waals surface area contributed by atoms with Crippen molar-refractivity contribution in [2.75, 3.05) is 13.9 Å². The number of rotatable bonds is 3. The lowest BCUT2D eigenvalue weighted by atomic mass is 10.1. The maximum absolute atomic E-state index is 11.8. The van der Waals surface area contributed by atoms with Crippen molar-refractivity contribution in [1.29, 1.82) is 0 Å². The van der Waals surface area contributed by atoms with Crippen molar-refractivity contribution in [3.8, 4) is 17.2 Å². The average Bonchev–Trinajstić information content (AvgIpc) is 3.08. The fourth-order valence-electron chi connectivity index (χ4n) is 2.62. The molecule has 1 aliphatic heterocycles. The first-order valence-electron chi connectivity index (χ1n) is 7.51. The Bertz CT molecular complexity index is 1060. The van der Waals surface area contributed by atoms with Crippen LogP contribution in [0.2, 0.25) is 0 Å². The Labute approximate surface area is 142 Å². The van der Waals surface area contributed by atoms with Crippen molar-refractivity contribution in [3.05, 3.63) is 53.6 Å². The van der Waals surface area contributed by atoms with E-state index in [9.17, 15) is 4.79 Å². The number of benzene rings is 2. The maximum atomic E-state index is 11.8. The summed E-state index contributed by atoms with van der Waals surface area (Å²) in [6.45, 7) is 0.170. The number of nitrogens with zero attached hydrogens (tertiary/aromatic N) is 1. The molecule has 3 aromatic rings. The third kappa shape index (κ3) is 2.65. The van der Waals surface area contributed by atoms with Gasteiger partial charge in [-0.15, -0.1) is 0 Å². The third-order valence-electron chi connectivity index (χ3n) is 3.81. The van der Waals surface area contributed by atoms with Crippen molar-refractivity contribution in [1.82, 2.24) is 0 Å². The summed E-state index contributed by atoms with van der Waals surface area (Å²) in [7, 11) is 1.54. The van der Waals surface area contributed by atoms with E-state index < -0.39 is 5.91 Å². The number of hydrogen-bond acceptors (Lipinski definition) is 6. The molecule has 7 nitrogen and oxygen atoms in total. The van der Waals surface area contributed by atoms with Crippen molar-refractivity contribution in [2.24, 2.45) is 10.7 Å². The van der Waals surface area contributed by atoms with Crippen molar-refractivity contribution in [3.63, 3.8) is 0 Å². The second kappa shape index (κ2) is 5.86. The van der Waals surface area contributed by atoms with Gasteiger partial charge in [0.2, 0.25) is 12.3 Å². The van der Waals surface area contributed by atoms with Crippen LogP contribution in [0.25, 0.3) is 11.0 Å². The van der Waals surface area contributed by atoms with Gasteiger partial charge in [-0.25, -0.2) is 4.99 Å². The normalized spacial score (nSPS) is 13.2. The molecule has 2 aromatic carbocycles. The topological polar surface area (TPSA) is 96.3 Å². The minimum Gasteiger partial charge on any atom is -0.493 e. The lowest BCUT2D eigenvalue weighted by molar-refractivity contribution is 0.0996. The van der Waals surface area contributed by atoms with E-state index in [-0.39, 0.29) is 17.9 Å². The van der Waals surface area contributed by atoms with E-state index in [1.807, 2.05) is 0 Å². The Morgan fingerprint density at radius 3 is 2.80 bits per heavy atom. The van der Waals surface area contributed by atoms with Crippen LogP contribution in [-0.4, -0.2) is 19.8 Å². The van der Waals surface area contributed by atoms with Crippen LogP contribution in [0.5, 0.6) is 17.2 Å². The fraction of sp³-hybridized carbons (Fsp3) is 0.111. The molecule has 126 valence electrons. The van der Waals surface area contributed by atoms with Crippen LogP contribution in [0.4, 0.5) is 5.69 Å². The number of nitrogens with two attached hydrogens (primary N) is 1. The summed E-state index contributed by atoms with van der Waals surface area (Å²) < 4.78 is 21.8. The molecule has 0 saturated carbocycles. The number of carbonyl (C=O) groups excluding carboxylic acids is 1. The summed E-state index contributed by atoms with van der Waals surface area (Å²) in [6.07, 6.45) is 0. The minimum atomic E-state index is -0.632. The van der Waals surface area contributed by atoms with E-state index in [0.29, 0.717) is 33.9 Å². The Morgan fingerprint density at radius 1 is 1.16 bits per heavy atom. The third-order valence-corrected chi connectivity index (χ3v) is 3.81. The molecule has 25 heavy (non-hydrogen) atoms. The van der Waals surface area contributed by atoms with E-state index in [0.717, 1.165) is 0 Å². The summed E-state index contributed by atoms with van der Waals surface area (Å²) >= 11 is 0. The number of carbonyl (C=O) groups is 1. The minimum absolute atomic E-state index is 0.100. The molecule has 1 aromatic heterocycles. The van der Waals surface area contributed by atoms with E-state index in [1.54, 1.807) is 49.6 Å². The van der Waals surface area contributed by atoms with Gasteiger partial charge < -0.3 is 24.4 Å².